The second-order valence-corrected chi connectivity index (χ2v) is 5.97. The van der Waals surface area contributed by atoms with Gasteiger partial charge in [0.15, 0.2) is 0 Å². The quantitative estimate of drug-likeness (QED) is 0.533. The average Bonchev–Trinajstić information content (AvgIpc) is 2.67. The number of aromatic hydroxyl groups is 1. The molecule has 1 aromatic heterocycles. The van der Waals surface area contributed by atoms with E-state index in [2.05, 4.69) is 4.99 Å². The molecule has 0 radical (unpaired) electrons. The van der Waals surface area contributed by atoms with Crippen LogP contribution >= 0.6 is 0 Å². The zero-order chi connectivity index (χ0) is 20.3. The summed E-state index contributed by atoms with van der Waals surface area (Å²) in [6.45, 7) is 0.633. The van der Waals surface area contributed by atoms with Crippen LogP contribution in [-0.4, -0.2) is 36.1 Å². The van der Waals surface area contributed by atoms with E-state index in [-0.39, 0.29) is 10.9 Å². The number of halogens is 3. The summed E-state index contributed by atoms with van der Waals surface area (Å²) in [5.74, 6) is -0.610. The van der Waals surface area contributed by atoms with Crippen molar-refractivity contribution < 1.29 is 23.0 Å². The van der Waals surface area contributed by atoms with Gasteiger partial charge in [0.05, 0.1) is 30.0 Å². The lowest BCUT2D eigenvalue weighted by molar-refractivity contribution is -0.137. The van der Waals surface area contributed by atoms with Crippen LogP contribution in [0.15, 0.2) is 58.3 Å². The highest BCUT2D eigenvalue weighted by atomic mass is 19.4. The van der Waals surface area contributed by atoms with Gasteiger partial charge in [-0.2, -0.15) is 13.2 Å². The molecule has 0 fully saturated rings. The van der Waals surface area contributed by atoms with Crippen molar-refractivity contribution in [2.45, 2.75) is 6.18 Å². The molecule has 1 heterocycles. The van der Waals surface area contributed by atoms with Crippen LogP contribution in [0.2, 0.25) is 0 Å². The van der Waals surface area contributed by atoms with Gasteiger partial charge in [-0.15, -0.1) is 0 Å². The van der Waals surface area contributed by atoms with Crippen LogP contribution in [0.4, 0.5) is 13.2 Å². The van der Waals surface area contributed by atoms with Gasteiger partial charge in [-0.3, -0.25) is 9.79 Å². The Labute approximate surface area is 158 Å². The number of nitrogens with zero attached hydrogens (tertiary/aromatic N) is 2. The van der Waals surface area contributed by atoms with E-state index in [0.717, 1.165) is 12.1 Å². The van der Waals surface area contributed by atoms with Crippen molar-refractivity contribution in [3.05, 3.63) is 70.0 Å². The Hall–Kier alpha value is -3.13. The first kappa shape index (κ1) is 19.6. The summed E-state index contributed by atoms with van der Waals surface area (Å²) in [4.78, 5) is 17.1. The third-order valence-electron chi connectivity index (χ3n) is 4.20. The lowest BCUT2D eigenvalue weighted by Gasteiger charge is -2.18. The van der Waals surface area contributed by atoms with Crippen LogP contribution < -0.4 is 5.56 Å². The van der Waals surface area contributed by atoms with Crippen molar-refractivity contribution in [1.29, 1.82) is 0 Å². The second kappa shape index (κ2) is 7.85. The first-order valence-corrected chi connectivity index (χ1v) is 8.38. The molecular weight excluding hydrogens is 373 g/mol. The Morgan fingerprint density at radius 3 is 2.43 bits per heavy atom. The lowest BCUT2D eigenvalue weighted by Crippen LogP contribution is -2.23. The number of benzene rings is 2. The van der Waals surface area contributed by atoms with E-state index in [1.807, 2.05) is 0 Å². The maximum Gasteiger partial charge on any atom is 0.418 e. The molecule has 0 aliphatic carbocycles. The number of hydrogen-bond donors (Lipinski definition) is 1. The number of ether oxygens (including phenoxy) is 1. The van der Waals surface area contributed by atoms with E-state index >= 15 is 0 Å². The lowest BCUT2D eigenvalue weighted by atomic mass is 10.1. The fourth-order valence-corrected chi connectivity index (χ4v) is 2.92. The Balaban J connectivity index is 2.34. The molecule has 0 amide bonds. The number of pyridine rings is 1. The molecule has 2 aromatic carbocycles. The molecule has 0 aliphatic heterocycles. The number of methoxy groups -OCH3 is 1. The first-order chi connectivity index (χ1) is 13.4. The first-order valence-electron chi connectivity index (χ1n) is 8.38. The third kappa shape index (κ3) is 3.63. The van der Waals surface area contributed by atoms with E-state index < -0.39 is 28.9 Å². The van der Waals surface area contributed by atoms with Crippen molar-refractivity contribution in [3.8, 4) is 11.6 Å². The van der Waals surface area contributed by atoms with Crippen LogP contribution in [0.5, 0.6) is 5.88 Å². The summed E-state index contributed by atoms with van der Waals surface area (Å²) in [5, 5.41) is 11.3. The normalized spacial score (nSPS) is 12.1. The molecule has 8 heteroatoms. The summed E-state index contributed by atoms with van der Waals surface area (Å²) >= 11 is 0. The van der Waals surface area contributed by atoms with Gasteiger partial charge in [0, 0.05) is 24.1 Å². The van der Waals surface area contributed by atoms with Crippen molar-refractivity contribution in [2.24, 2.45) is 4.99 Å². The van der Waals surface area contributed by atoms with Gasteiger partial charge in [-0.25, -0.2) is 4.57 Å². The summed E-state index contributed by atoms with van der Waals surface area (Å²) in [5.41, 5.74) is -2.07. The highest BCUT2D eigenvalue weighted by molar-refractivity contribution is 6.01. The van der Waals surface area contributed by atoms with E-state index in [4.69, 9.17) is 4.74 Å². The fourth-order valence-electron chi connectivity index (χ4n) is 2.92. The van der Waals surface area contributed by atoms with Gasteiger partial charge < -0.3 is 9.84 Å². The van der Waals surface area contributed by atoms with Gasteiger partial charge >= 0.3 is 6.18 Å². The molecule has 1 N–H and O–H groups in total. The average molecular weight is 390 g/mol. The van der Waals surface area contributed by atoms with Crippen molar-refractivity contribution in [2.75, 3.05) is 20.3 Å². The number of aromatic nitrogens is 1. The number of rotatable bonds is 5. The predicted molar refractivity (Wildman–Crippen MR) is 101 cm³/mol. The van der Waals surface area contributed by atoms with Crippen LogP contribution in [-0.2, 0) is 10.9 Å². The van der Waals surface area contributed by atoms with Gasteiger partial charge in [-0.05, 0) is 18.2 Å². The standard InChI is InChI=1S/C20H17F3N2O3/c1-28-11-10-24-12-15-13-6-2-3-7-14(13)18(26)25(19(15)27)17-9-5-4-8-16(17)20(21,22)23/h2-9,12,27H,10-11H2,1H3. The smallest absolute Gasteiger partial charge is 0.418 e. The minimum atomic E-state index is -4.69. The SMILES string of the molecule is COCCN=Cc1c(O)n(-c2ccccc2C(F)(F)F)c(=O)c2ccccc12. The molecule has 146 valence electrons. The van der Waals surface area contributed by atoms with Crippen LogP contribution in [0.3, 0.4) is 0 Å². The summed E-state index contributed by atoms with van der Waals surface area (Å²) < 4.78 is 46.0. The van der Waals surface area contributed by atoms with E-state index in [0.29, 0.717) is 23.1 Å². The molecule has 0 bridgehead atoms. The zero-order valence-corrected chi connectivity index (χ0v) is 14.9. The molecule has 3 rings (SSSR count). The molecule has 0 saturated heterocycles. The zero-order valence-electron chi connectivity index (χ0n) is 14.9. The Morgan fingerprint density at radius 1 is 1.11 bits per heavy atom. The van der Waals surface area contributed by atoms with Crippen molar-refractivity contribution >= 4 is 17.0 Å². The maximum absolute atomic E-state index is 13.5. The Morgan fingerprint density at radius 2 is 1.75 bits per heavy atom. The van der Waals surface area contributed by atoms with E-state index in [1.54, 1.807) is 18.2 Å². The molecule has 0 atom stereocenters. The van der Waals surface area contributed by atoms with Gasteiger partial charge in [-0.1, -0.05) is 30.3 Å². The van der Waals surface area contributed by atoms with Gasteiger partial charge in [0.1, 0.15) is 0 Å². The predicted octanol–water partition coefficient (Wildman–Crippen LogP) is 3.78. The Kier molecular flexibility index (Phi) is 5.51. The second-order valence-electron chi connectivity index (χ2n) is 5.97. The monoisotopic (exact) mass is 390 g/mol. The largest absolute Gasteiger partial charge is 0.494 e. The highest BCUT2D eigenvalue weighted by Gasteiger charge is 2.34. The molecule has 3 aromatic rings. The minimum Gasteiger partial charge on any atom is -0.494 e. The van der Waals surface area contributed by atoms with Crippen molar-refractivity contribution in [3.63, 3.8) is 0 Å². The Bertz CT molecular complexity index is 1090. The number of fused-ring (bicyclic) bond motifs is 1. The molecular formula is C20H17F3N2O3. The molecule has 0 unspecified atom stereocenters. The van der Waals surface area contributed by atoms with Crippen LogP contribution in [0.25, 0.3) is 16.5 Å². The topological polar surface area (TPSA) is 63.8 Å². The van der Waals surface area contributed by atoms with Crippen LogP contribution in [0, 0.1) is 0 Å². The number of para-hydroxylation sites is 1. The van der Waals surface area contributed by atoms with E-state index in [1.165, 1.54) is 31.5 Å². The molecule has 0 aliphatic rings. The number of hydrogen-bond acceptors (Lipinski definition) is 4. The number of alkyl halides is 3. The summed E-state index contributed by atoms with van der Waals surface area (Å²) in [7, 11) is 1.51. The minimum absolute atomic E-state index is 0.156. The maximum atomic E-state index is 13.5. The molecule has 0 saturated carbocycles. The summed E-state index contributed by atoms with van der Waals surface area (Å²) in [6.07, 6.45) is -3.36. The van der Waals surface area contributed by atoms with Gasteiger partial charge in [0.25, 0.3) is 5.56 Å². The number of aliphatic imine (C=N–C) groups is 1. The van der Waals surface area contributed by atoms with E-state index in [9.17, 15) is 23.1 Å². The van der Waals surface area contributed by atoms with Gasteiger partial charge in [0.2, 0.25) is 5.88 Å². The highest BCUT2D eigenvalue weighted by Crippen LogP contribution is 2.35. The molecule has 28 heavy (non-hydrogen) atoms. The summed E-state index contributed by atoms with van der Waals surface area (Å²) in [6, 6.07) is 11.0. The van der Waals surface area contributed by atoms with Crippen molar-refractivity contribution in [1.82, 2.24) is 4.57 Å². The molecule has 5 nitrogen and oxygen atoms in total. The van der Waals surface area contributed by atoms with Crippen LogP contribution in [0.1, 0.15) is 11.1 Å². The third-order valence-corrected chi connectivity index (χ3v) is 4.20. The molecule has 0 spiro atoms. The fraction of sp³-hybridized carbons (Fsp3) is 0.200.